The van der Waals surface area contributed by atoms with Crippen molar-refractivity contribution in [2.75, 3.05) is 6.54 Å². The Bertz CT molecular complexity index is 324. The number of primary amides is 1. The monoisotopic (exact) mass is 243 g/mol. The van der Waals surface area contributed by atoms with Crippen LogP contribution in [0.3, 0.4) is 0 Å². The molecule has 3 atom stereocenters. The summed E-state index contributed by atoms with van der Waals surface area (Å²) >= 11 is 0. The maximum Gasteiger partial charge on any atom is 0.240 e. The lowest BCUT2D eigenvalue weighted by molar-refractivity contribution is -0.140. The molecule has 1 aliphatic heterocycles. The lowest BCUT2D eigenvalue weighted by Gasteiger charge is -2.31. The fourth-order valence-electron chi connectivity index (χ4n) is 1.88. The van der Waals surface area contributed by atoms with Gasteiger partial charge in [-0.1, -0.05) is 20.8 Å². The predicted octanol–water partition coefficient (Wildman–Crippen LogP) is -1.19. The molecule has 1 heterocycles. The maximum atomic E-state index is 12.1. The first-order chi connectivity index (χ1) is 7.64. The van der Waals surface area contributed by atoms with E-state index in [1.165, 1.54) is 4.90 Å². The third-order valence-corrected chi connectivity index (χ3v) is 3.09. The van der Waals surface area contributed by atoms with E-state index in [1.54, 1.807) is 0 Å². The van der Waals surface area contributed by atoms with E-state index in [1.807, 2.05) is 20.8 Å². The fourth-order valence-corrected chi connectivity index (χ4v) is 1.88. The first-order valence-electron chi connectivity index (χ1n) is 5.68. The molecule has 98 valence electrons. The van der Waals surface area contributed by atoms with Crippen LogP contribution in [0.25, 0.3) is 0 Å². The lowest BCUT2D eigenvalue weighted by atomic mass is 9.86. The normalized spacial score (nSPS) is 27.0. The Balaban J connectivity index is 2.84. The van der Waals surface area contributed by atoms with E-state index in [0.717, 1.165) is 0 Å². The molecule has 0 aromatic carbocycles. The fraction of sp³-hybridized carbons (Fsp3) is 0.818. The standard InChI is InChI=1S/C11H21N3O3/c1-11(2,3)8(12)10(17)14-5-6(15)4-7(14)9(13)16/h6-8,15H,4-5,12H2,1-3H3,(H2,13,16)/t6-,7-,8+/m0/s1. The minimum atomic E-state index is -0.745. The topological polar surface area (TPSA) is 110 Å². The molecule has 0 spiro atoms. The highest BCUT2D eigenvalue weighted by atomic mass is 16.3. The number of nitrogens with two attached hydrogens (primary N) is 2. The van der Waals surface area contributed by atoms with Crippen molar-refractivity contribution in [2.45, 2.75) is 45.4 Å². The zero-order valence-electron chi connectivity index (χ0n) is 10.5. The molecule has 6 heteroatoms. The summed E-state index contributed by atoms with van der Waals surface area (Å²) in [6, 6.07) is -1.46. The van der Waals surface area contributed by atoms with Crippen LogP contribution in [-0.2, 0) is 9.59 Å². The smallest absolute Gasteiger partial charge is 0.240 e. The van der Waals surface area contributed by atoms with Gasteiger partial charge < -0.3 is 21.5 Å². The van der Waals surface area contributed by atoms with E-state index in [2.05, 4.69) is 0 Å². The Morgan fingerprint density at radius 2 is 1.94 bits per heavy atom. The molecular weight excluding hydrogens is 222 g/mol. The molecule has 0 aromatic rings. The highest BCUT2D eigenvalue weighted by Crippen LogP contribution is 2.24. The molecule has 0 aliphatic carbocycles. The van der Waals surface area contributed by atoms with Crippen molar-refractivity contribution in [1.82, 2.24) is 4.90 Å². The number of rotatable bonds is 2. The molecule has 0 bridgehead atoms. The summed E-state index contributed by atoms with van der Waals surface area (Å²) in [6.07, 6.45) is -0.513. The molecule has 1 fully saturated rings. The molecule has 2 amide bonds. The minimum Gasteiger partial charge on any atom is -0.391 e. The van der Waals surface area contributed by atoms with Gasteiger partial charge in [0, 0.05) is 13.0 Å². The molecule has 0 radical (unpaired) electrons. The molecule has 1 saturated heterocycles. The van der Waals surface area contributed by atoms with Gasteiger partial charge in [-0.3, -0.25) is 9.59 Å². The zero-order chi connectivity index (χ0) is 13.4. The van der Waals surface area contributed by atoms with Gasteiger partial charge >= 0.3 is 0 Å². The Morgan fingerprint density at radius 1 is 1.41 bits per heavy atom. The van der Waals surface area contributed by atoms with Crippen LogP contribution in [0, 0.1) is 5.41 Å². The molecule has 5 N–H and O–H groups in total. The molecule has 1 aliphatic rings. The van der Waals surface area contributed by atoms with Crippen molar-refractivity contribution in [3.05, 3.63) is 0 Å². The van der Waals surface area contributed by atoms with Crippen LogP contribution < -0.4 is 11.5 Å². The number of carbonyl (C=O) groups is 2. The van der Waals surface area contributed by atoms with E-state index >= 15 is 0 Å². The van der Waals surface area contributed by atoms with Crippen molar-refractivity contribution in [1.29, 1.82) is 0 Å². The van der Waals surface area contributed by atoms with E-state index in [0.29, 0.717) is 0 Å². The van der Waals surface area contributed by atoms with Gasteiger partial charge in [0.25, 0.3) is 0 Å². The zero-order valence-corrected chi connectivity index (χ0v) is 10.5. The Morgan fingerprint density at radius 3 is 2.35 bits per heavy atom. The number of carbonyl (C=O) groups excluding carboxylic acids is 2. The lowest BCUT2D eigenvalue weighted by Crippen LogP contribution is -2.54. The SMILES string of the molecule is CC(C)(C)[C@H](N)C(=O)N1C[C@@H](O)C[C@H]1C(N)=O. The van der Waals surface area contributed by atoms with Gasteiger partial charge in [-0.05, 0) is 5.41 Å². The number of hydrogen-bond acceptors (Lipinski definition) is 4. The summed E-state index contributed by atoms with van der Waals surface area (Å²) in [5.74, 6) is -0.936. The average Bonchev–Trinajstić information content (AvgIpc) is 2.56. The van der Waals surface area contributed by atoms with Crippen LogP contribution in [0.15, 0.2) is 0 Å². The summed E-state index contributed by atoms with van der Waals surface area (Å²) in [7, 11) is 0. The first kappa shape index (κ1) is 13.9. The number of β-amino-alcohol motifs (C(OH)–C–C–N with tert-alkyl or cyclic N) is 1. The number of nitrogens with zero attached hydrogens (tertiary/aromatic N) is 1. The molecule has 17 heavy (non-hydrogen) atoms. The van der Waals surface area contributed by atoms with Gasteiger partial charge in [-0.15, -0.1) is 0 Å². The largest absolute Gasteiger partial charge is 0.391 e. The number of amides is 2. The van der Waals surface area contributed by atoms with Gasteiger partial charge in [0.1, 0.15) is 6.04 Å². The number of likely N-dealkylation sites (tertiary alicyclic amines) is 1. The summed E-state index contributed by atoms with van der Waals surface area (Å²) in [4.78, 5) is 24.6. The molecule has 0 unspecified atom stereocenters. The molecule has 0 saturated carbocycles. The van der Waals surface area contributed by atoms with Crippen LogP contribution in [0.2, 0.25) is 0 Å². The summed E-state index contributed by atoms with van der Waals surface area (Å²) in [6.45, 7) is 5.67. The Kier molecular flexibility index (Phi) is 3.78. The van der Waals surface area contributed by atoms with Gasteiger partial charge in [-0.2, -0.15) is 0 Å². The second-order valence-corrected chi connectivity index (χ2v) is 5.64. The quantitative estimate of drug-likeness (QED) is 0.566. The highest BCUT2D eigenvalue weighted by Gasteiger charge is 2.41. The highest BCUT2D eigenvalue weighted by molar-refractivity contribution is 5.90. The second-order valence-electron chi connectivity index (χ2n) is 5.64. The number of aliphatic hydroxyl groups excluding tert-OH is 1. The molecule has 6 nitrogen and oxygen atoms in total. The van der Waals surface area contributed by atoms with E-state index < -0.39 is 29.5 Å². The van der Waals surface area contributed by atoms with Crippen LogP contribution >= 0.6 is 0 Å². The molecule has 1 rings (SSSR count). The third kappa shape index (κ3) is 2.95. The summed E-state index contributed by atoms with van der Waals surface area (Å²) in [5.41, 5.74) is 10.7. The Labute approximate surface area is 101 Å². The van der Waals surface area contributed by atoms with Crippen LogP contribution in [0.5, 0.6) is 0 Å². The predicted molar refractivity (Wildman–Crippen MR) is 62.7 cm³/mol. The second kappa shape index (κ2) is 4.62. The Hall–Kier alpha value is -1.14. The van der Waals surface area contributed by atoms with Crippen molar-refractivity contribution < 1.29 is 14.7 Å². The average molecular weight is 243 g/mol. The van der Waals surface area contributed by atoms with Crippen molar-refractivity contribution >= 4 is 11.8 Å². The van der Waals surface area contributed by atoms with E-state index in [9.17, 15) is 14.7 Å². The van der Waals surface area contributed by atoms with E-state index in [4.69, 9.17) is 11.5 Å². The van der Waals surface area contributed by atoms with Crippen LogP contribution in [-0.4, -0.2) is 46.6 Å². The van der Waals surface area contributed by atoms with Crippen LogP contribution in [0.1, 0.15) is 27.2 Å². The number of hydrogen-bond donors (Lipinski definition) is 3. The van der Waals surface area contributed by atoms with Crippen molar-refractivity contribution in [3.8, 4) is 0 Å². The minimum absolute atomic E-state index is 0.121. The third-order valence-electron chi connectivity index (χ3n) is 3.09. The summed E-state index contributed by atoms with van der Waals surface area (Å²) in [5, 5.41) is 9.51. The van der Waals surface area contributed by atoms with Crippen LogP contribution in [0.4, 0.5) is 0 Å². The first-order valence-corrected chi connectivity index (χ1v) is 5.68. The summed E-state index contributed by atoms with van der Waals surface area (Å²) < 4.78 is 0. The van der Waals surface area contributed by atoms with Crippen molar-refractivity contribution in [2.24, 2.45) is 16.9 Å². The van der Waals surface area contributed by atoms with Gasteiger partial charge in [-0.25, -0.2) is 0 Å². The maximum absolute atomic E-state index is 12.1. The molecule has 0 aromatic heterocycles. The van der Waals surface area contributed by atoms with Crippen molar-refractivity contribution in [3.63, 3.8) is 0 Å². The van der Waals surface area contributed by atoms with Gasteiger partial charge in [0.15, 0.2) is 0 Å². The number of aliphatic hydroxyl groups is 1. The van der Waals surface area contributed by atoms with E-state index in [-0.39, 0.29) is 18.9 Å². The van der Waals surface area contributed by atoms with Gasteiger partial charge in [0.2, 0.25) is 11.8 Å². The molecular formula is C11H21N3O3. The van der Waals surface area contributed by atoms with Gasteiger partial charge in [0.05, 0.1) is 12.1 Å².